The SMILES string of the molecule is O=C(O)CC1CCN(C(=O)c2ccccc2S(=O)(=O)N2CCOCC2)CC1. The second-order valence-corrected chi connectivity index (χ2v) is 8.75. The molecule has 0 aromatic heterocycles. The molecule has 9 heteroatoms. The summed E-state index contributed by atoms with van der Waals surface area (Å²) in [6.45, 7) is 2.08. The van der Waals surface area contributed by atoms with Crippen molar-refractivity contribution in [2.75, 3.05) is 39.4 Å². The number of carboxylic acids is 1. The molecule has 2 heterocycles. The van der Waals surface area contributed by atoms with Gasteiger partial charge in [0.2, 0.25) is 10.0 Å². The van der Waals surface area contributed by atoms with E-state index in [9.17, 15) is 18.0 Å². The third kappa shape index (κ3) is 4.48. The Labute approximate surface area is 158 Å². The number of aliphatic carboxylic acids is 1. The van der Waals surface area contributed by atoms with Gasteiger partial charge in [-0.1, -0.05) is 12.1 Å². The lowest BCUT2D eigenvalue weighted by atomic mass is 9.93. The van der Waals surface area contributed by atoms with Crippen molar-refractivity contribution in [3.8, 4) is 0 Å². The molecule has 2 aliphatic rings. The van der Waals surface area contributed by atoms with E-state index in [2.05, 4.69) is 0 Å². The van der Waals surface area contributed by atoms with Crippen LogP contribution in [0.4, 0.5) is 0 Å². The van der Waals surface area contributed by atoms with Gasteiger partial charge in [0.1, 0.15) is 0 Å². The third-order valence-corrected chi connectivity index (χ3v) is 7.03. The monoisotopic (exact) mass is 396 g/mol. The summed E-state index contributed by atoms with van der Waals surface area (Å²) in [5.74, 6) is -1.10. The zero-order valence-corrected chi connectivity index (χ0v) is 15.9. The molecule has 0 bridgehead atoms. The first-order valence-electron chi connectivity index (χ1n) is 9.07. The number of piperidine rings is 1. The van der Waals surface area contributed by atoms with Crippen LogP contribution < -0.4 is 0 Å². The maximum atomic E-state index is 13.0. The topological polar surface area (TPSA) is 104 Å². The standard InChI is InChI=1S/C18H24N2O6S/c21-17(22)13-14-5-7-19(8-6-14)18(23)15-3-1-2-4-16(15)27(24,25)20-9-11-26-12-10-20/h1-4,14H,5-13H2,(H,21,22). The van der Waals surface area contributed by atoms with Crippen molar-refractivity contribution < 1.29 is 27.9 Å². The van der Waals surface area contributed by atoms with Crippen molar-refractivity contribution in [1.29, 1.82) is 0 Å². The Bertz CT molecular complexity index is 796. The molecule has 0 atom stereocenters. The lowest BCUT2D eigenvalue weighted by Gasteiger charge is -2.32. The number of hydrogen-bond donors (Lipinski definition) is 1. The predicted octanol–water partition coefficient (Wildman–Crippen LogP) is 1.03. The fourth-order valence-electron chi connectivity index (χ4n) is 3.55. The number of benzene rings is 1. The second kappa shape index (κ2) is 8.37. The molecular formula is C18H24N2O6S. The molecule has 0 radical (unpaired) electrons. The fraction of sp³-hybridized carbons (Fsp3) is 0.556. The summed E-state index contributed by atoms with van der Waals surface area (Å²) in [6, 6.07) is 6.28. The summed E-state index contributed by atoms with van der Waals surface area (Å²) in [4.78, 5) is 25.5. The Morgan fingerprint density at radius 2 is 1.70 bits per heavy atom. The summed E-state index contributed by atoms with van der Waals surface area (Å²) in [6.07, 6.45) is 1.32. The highest BCUT2D eigenvalue weighted by Gasteiger charge is 2.32. The normalized spacial score (nSPS) is 19.8. The zero-order valence-electron chi connectivity index (χ0n) is 15.0. The summed E-state index contributed by atoms with van der Waals surface area (Å²) >= 11 is 0. The lowest BCUT2D eigenvalue weighted by Crippen LogP contribution is -2.42. The molecule has 148 valence electrons. The van der Waals surface area contributed by atoms with E-state index in [4.69, 9.17) is 9.84 Å². The van der Waals surface area contributed by atoms with Gasteiger partial charge in [-0.3, -0.25) is 9.59 Å². The molecule has 2 saturated heterocycles. The quantitative estimate of drug-likeness (QED) is 0.797. The van der Waals surface area contributed by atoms with Crippen LogP contribution in [0.25, 0.3) is 0 Å². The highest BCUT2D eigenvalue weighted by atomic mass is 32.2. The van der Waals surface area contributed by atoms with Crippen LogP contribution in [-0.2, 0) is 19.6 Å². The number of carboxylic acid groups (broad SMARTS) is 1. The molecule has 1 amide bonds. The van der Waals surface area contributed by atoms with Gasteiger partial charge in [-0.25, -0.2) is 8.42 Å². The number of likely N-dealkylation sites (tertiary alicyclic amines) is 1. The van der Waals surface area contributed by atoms with E-state index >= 15 is 0 Å². The Balaban J connectivity index is 1.78. The molecule has 1 aromatic carbocycles. The Morgan fingerprint density at radius 1 is 1.07 bits per heavy atom. The molecule has 0 aliphatic carbocycles. The van der Waals surface area contributed by atoms with Crippen LogP contribution in [0.1, 0.15) is 29.6 Å². The number of carbonyl (C=O) groups is 2. The summed E-state index contributed by atoms with van der Waals surface area (Å²) in [5, 5.41) is 8.91. The summed E-state index contributed by atoms with van der Waals surface area (Å²) < 4.78 is 32.6. The van der Waals surface area contributed by atoms with Crippen molar-refractivity contribution in [3.63, 3.8) is 0 Å². The van der Waals surface area contributed by atoms with Crippen molar-refractivity contribution in [2.45, 2.75) is 24.2 Å². The number of morpholine rings is 1. The maximum absolute atomic E-state index is 13.0. The molecule has 0 spiro atoms. The maximum Gasteiger partial charge on any atom is 0.303 e. The number of rotatable bonds is 5. The molecule has 2 fully saturated rings. The minimum atomic E-state index is -3.77. The number of ether oxygens (including phenoxy) is 1. The molecule has 3 rings (SSSR count). The van der Waals surface area contributed by atoms with Crippen LogP contribution >= 0.6 is 0 Å². The van der Waals surface area contributed by atoms with Crippen molar-refractivity contribution in [1.82, 2.24) is 9.21 Å². The van der Waals surface area contributed by atoms with E-state index < -0.39 is 16.0 Å². The van der Waals surface area contributed by atoms with E-state index in [1.54, 1.807) is 23.1 Å². The Kier molecular flexibility index (Phi) is 6.13. The largest absolute Gasteiger partial charge is 0.481 e. The average molecular weight is 396 g/mol. The van der Waals surface area contributed by atoms with Gasteiger partial charge in [-0.15, -0.1) is 0 Å². The molecule has 1 aromatic rings. The molecule has 2 aliphatic heterocycles. The first-order chi connectivity index (χ1) is 12.9. The van der Waals surface area contributed by atoms with Gasteiger partial charge >= 0.3 is 5.97 Å². The van der Waals surface area contributed by atoms with E-state index in [1.807, 2.05) is 0 Å². The van der Waals surface area contributed by atoms with Crippen LogP contribution in [-0.4, -0.2) is 74.0 Å². The smallest absolute Gasteiger partial charge is 0.303 e. The molecule has 1 N–H and O–H groups in total. The van der Waals surface area contributed by atoms with Gasteiger partial charge in [0.05, 0.1) is 23.7 Å². The summed E-state index contributed by atoms with van der Waals surface area (Å²) in [5.41, 5.74) is 0.167. The van der Waals surface area contributed by atoms with Crippen LogP contribution in [0, 0.1) is 5.92 Å². The van der Waals surface area contributed by atoms with Crippen LogP contribution in [0.15, 0.2) is 29.2 Å². The number of sulfonamides is 1. The number of hydrogen-bond acceptors (Lipinski definition) is 5. The van der Waals surface area contributed by atoms with Gasteiger partial charge in [-0.2, -0.15) is 4.31 Å². The minimum Gasteiger partial charge on any atom is -0.481 e. The lowest BCUT2D eigenvalue weighted by molar-refractivity contribution is -0.138. The minimum absolute atomic E-state index is 0.0181. The number of amides is 1. The molecule has 8 nitrogen and oxygen atoms in total. The molecule has 0 saturated carbocycles. The first kappa shape index (κ1) is 19.8. The van der Waals surface area contributed by atoms with Gasteiger partial charge in [-0.05, 0) is 30.9 Å². The highest BCUT2D eigenvalue weighted by molar-refractivity contribution is 7.89. The highest BCUT2D eigenvalue weighted by Crippen LogP contribution is 2.26. The zero-order chi connectivity index (χ0) is 19.4. The van der Waals surface area contributed by atoms with Crippen molar-refractivity contribution in [2.24, 2.45) is 5.92 Å². The van der Waals surface area contributed by atoms with Gasteiger partial charge in [0.15, 0.2) is 0 Å². The van der Waals surface area contributed by atoms with Gasteiger partial charge < -0.3 is 14.7 Å². The van der Waals surface area contributed by atoms with Gasteiger partial charge in [0, 0.05) is 32.6 Å². The van der Waals surface area contributed by atoms with Crippen LogP contribution in [0.2, 0.25) is 0 Å². The van der Waals surface area contributed by atoms with Gasteiger partial charge in [0.25, 0.3) is 5.91 Å². The van der Waals surface area contributed by atoms with E-state index in [-0.39, 0.29) is 41.8 Å². The van der Waals surface area contributed by atoms with E-state index in [1.165, 1.54) is 10.4 Å². The number of carbonyl (C=O) groups excluding carboxylic acids is 1. The fourth-order valence-corrected chi connectivity index (χ4v) is 5.14. The van der Waals surface area contributed by atoms with Crippen molar-refractivity contribution in [3.05, 3.63) is 29.8 Å². The Morgan fingerprint density at radius 3 is 2.33 bits per heavy atom. The molecule has 0 unspecified atom stereocenters. The number of nitrogens with zero attached hydrogens (tertiary/aromatic N) is 2. The first-order valence-corrected chi connectivity index (χ1v) is 10.5. The van der Waals surface area contributed by atoms with E-state index in [0.29, 0.717) is 39.1 Å². The molecule has 27 heavy (non-hydrogen) atoms. The second-order valence-electron chi connectivity index (χ2n) is 6.85. The molecular weight excluding hydrogens is 372 g/mol. The summed E-state index contributed by atoms with van der Waals surface area (Å²) in [7, 11) is -3.77. The Hall–Kier alpha value is -1.97. The van der Waals surface area contributed by atoms with Crippen LogP contribution in [0.5, 0.6) is 0 Å². The van der Waals surface area contributed by atoms with Crippen molar-refractivity contribution >= 4 is 21.9 Å². The average Bonchev–Trinajstić information content (AvgIpc) is 2.68. The predicted molar refractivity (Wildman–Crippen MR) is 96.9 cm³/mol. The third-order valence-electron chi connectivity index (χ3n) is 5.07. The van der Waals surface area contributed by atoms with Crippen LogP contribution in [0.3, 0.4) is 0 Å². The van der Waals surface area contributed by atoms with E-state index in [0.717, 1.165) is 0 Å².